The Morgan fingerprint density at radius 1 is 0.667 bits per heavy atom. The van der Waals surface area contributed by atoms with E-state index in [1.54, 1.807) is 19.2 Å². The van der Waals surface area contributed by atoms with Gasteiger partial charge in [0.2, 0.25) is 0 Å². The van der Waals surface area contributed by atoms with Crippen LogP contribution in [-0.2, 0) is 0 Å². The van der Waals surface area contributed by atoms with Crippen LogP contribution in [0.3, 0.4) is 0 Å². The van der Waals surface area contributed by atoms with Crippen LogP contribution in [0, 0.1) is 0 Å². The topological polar surface area (TPSA) is 26.3 Å². The third-order valence-electron chi connectivity index (χ3n) is 2.89. The molecule has 4 rings (SSSR count). The molecule has 0 unspecified atom stereocenters. The van der Waals surface area contributed by atoms with Crippen LogP contribution >= 0.6 is 0 Å². The Morgan fingerprint density at radius 2 is 1.19 bits per heavy atom. The molecule has 0 bridgehead atoms. The predicted octanol–water partition coefficient (Wildman–Crippen LogP) is 1.98. The third-order valence-corrected chi connectivity index (χ3v) is 11.7. The van der Waals surface area contributed by atoms with Crippen molar-refractivity contribution >= 4 is 50.6 Å². The fourth-order valence-corrected chi connectivity index (χ4v) is 12.3. The Kier molecular flexibility index (Phi) is 3.96. The number of furan rings is 2. The molecule has 0 N–H and O–H groups in total. The number of hydrogen-bond donors (Lipinski definition) is 0. The minimum atomic E-state index is 0.419. The summed E-state index contributed by atoms with van der Waals surface area (Å²) in [5.74, 6) is 2.05. The summed E-state index contributed by atoms with van der Waals surface area (Å²) in [5, 5.41) is 0. The standard InChI is InChI=1S/C16H10O2Se3/c1-3-11(17-9-1)13-5-7-15(19-13)21-16-8-6-14(20-16)12-4-2-10-18-12/h1-10H. The summed E-state index contributed by atoms with van der Waals surface area (Å²) >= 11 is 1.31. The second-order valence-corrected chi connectivity index (χ2v) is 13.7. The zero-order chi connectivity index (χ0) is 14.1. The van der Waals surface area contributed by atoms with Gasteiger partial charge >= 0.3 is 141 Å². The first-order chi connectivity index (χ1) is 10.4. The molecule has 0 spiro atoms. The summed E-state index contributed by atoms with van der Waals surface area (Å²) in [7, 11) is 0. The summed E-state index contributed by atoms with van der Waals surface area (Å²) in [6.45, 7) is 0. The van der Waals surface area contributed by atoms with E-state index in [-0.39, 0.29) is 0 Å². The molecule has 21 heavy (non-hydrogen) atoms. The Balaban J connectivity index is 1.54. The quantitative estimate of drug-likeness (QED) is 0.426. The zero-order valence-electron chi connectivity index (χ0n) is 10.8. The fraction of sp³-hybridized carbons (Fsp3) is 0. The molecule has 0 saturated heterocycles. The van der Waals surface area contributed by atoms with Crippen LogP contribution in [0.5, 0.6) is 0 Å². The van der Waals surface area contributed by atoms with Crippen LogP contribution in [0.4, 0.5) is 0 Å². The maximum atomic E-state index is 5.49. The third kappa shape index (κ3) is 3.00. The summed E-state index contributed by atoms with van der Waals surface area (Å²) < 4.78 is 16.9. The predicted molar refractivity (Wildman–Crippen MR) is 87.2 cm³/mol. The molecule has 0 aromatic carbocycles. The maximum absolute atomic E-state index is 5.49. The summed E-state index contributed by atoms with van der Waals surface area (Å²) in [5.41, 5.74) is 0. The van der Waals surface area contributed by atoms with Crippen molar-refractivity contribution in [1.29, 1.82) is 0 Å². The van der Waals surface area contributed by atoms with Crippen LogP contribution in [0.2, 0.25) is 0 Å². The molecule has 0 aliphatic carbocycles. The van der Waals surface area contributed by atoms with E-state index in [0.717, 1.165) is 11.5 Å². The van der Waals surface area contributed by atoms with Crippen LogP contribution in [0.15, 0.2) is 69.9 Å². The second kappa shape index (κ2) is 6.06. The summed E-state index contributed by atoms with van der Waals surface area (Å²) in [6.07, 6.45) is 3.50. The molecule has 2 nitrogen and oxygen atoms in total. The minimum absolute atomic E-state index is 0.419. The van der Waals surface area contributed by atoms with Gasteiger partial charge in [-0.05, 0) is 0 Å². The molecule has 0 atom stereocenters. The van der Waals surface area contributed by atoms with E-state index in [0.29, 0.717) is 44.0 Å². The first kappa shape index (κ1) is 13.7. The van der Waals surface area contributed by atoms with Crippen LogP contribution in [0.25, 0.3) is 20.4 Å². The van der Waals surface area contributed by atoms with E-state index < -0.39 is 0 Å². The van der Waals surface area contributed by atoms with Gasteiger partial charge in [0.1, 0.15) is 0 Å². The van der Waals surface area contributed by atoms with E-state index in [4.69, 9.17) is 8.83 Å². The summed E-state index contributed by atoms with van der Waals surface area (Å²) in [4.78, 5) is 0. The van der Waals surface area contributed by atoms with E-state index in [1.807, 2.05) is 24.3 Å². The van der Waals surface area contributed by atoms with Gasteiger partial charge in [0, 0.05) is 0 Å². The van der Waals surface area contributed by atoms with Crippen LogP contribution in [-0.4, -0.2) is 44.0 Å². The first-order valence-electron chi connectivity index (χ1n) is 6.34. The van der Waals surface area contributed by atoms with Crippen molar-refractivity contribution < 1.29 is 8.83 Å². The molecule has 0 saturated carbocycles. The number of rotatable bonds is 4. The first-order valence-corrected chi connectivity index (χ1v) is 11.5. The Labute approximate surface area is 140 Å². The second-order valence-electron chi connectivity index (χ2n) is 4.29. The number of hydrogen-bond acceptors (Lipinski definition) is 2. The molecule has 0 radical (unpaired) electrons. The molecular weight excluding hydrogens is 461 g/mol. The van der Waals surface area contributed by atoms with Gasteiger partial charge in [0.25, 0.3) is 0 Å². The molecule has 4 aromatic heterocycles. The molecule has 4 aromatic rings. The molecule has 0 aliphatic heterocycles. The fourth-order valence-electron chi connectivity index (χ4n) is 1.95. The van der Waals surface area contributed by atoms with Gasteiger partial charge < -0.3 is 0 Å². The van der Waals surface area contributed by atoms with Gasteiger partial charge in [-0.2, -0.15) is 0 Å². The van der Waals surface area contributed by atoms with Gasteiger partial charge in [-0.3, -0.25) is 0 Å². The Hall–Kier alpha value is -0.922. The molecular formula is C16H10O2Se3. The van der Waals surface area contributed by atoms with Crippen LogP contribution < -0.4 is 6.67 Å². The average Bonchev–Trinajstić information content (AvgIpc) is 3.28. The monoisotopic (exact) mass is 474 g/mol. The van der Waals surface area contributed by atoms with Crippen molar-refractivity contribution in [3.8, 4) is 20.4 Å². The van der Waals surface area contributed by atoms with Crippen molar-refractivity contribution in [2.75, 3.05) is 0 Å². The molecule has 0 aliphatic rings. The van der Waals surface area contributed by atoms with Crippen molar-refractivity contribution in [2.45, 2.75) is 0 Å². The van der Waals surface area contributed by atoms with Gasteiger partial charge in [-0.1, -0.05) is 0 Å². The zero-order valence-corrected chi connectivity index (χ0v) is 16.0. The molecule has 0 fully saturated rings. The Morgan fingerprint density at radius 3 is 1.62 bits per heavy atom. The van der Waals surface area contributed by atoms with Gasteiger partial charge in [-0.25, -0.2) is 0 Å². The SMILES string of the molecule is c1coc(-c2ccc([Se]c3ccc(-c4ccco4)[se]3)[se]2)c1. The average molecular weight is 471 g/mol. The van der Waals surface area contributed by atoms with Gasteiger partial charge in [-0.15, -0.1) is 0 Å². The van der Waals surface area contributed by atoms with Crippen molar-refractivity contribution in [1.82, 2.24) is 0 Å². The van der Waals surface area contributed by atoms with E-state index in [2.05, 4.69) is 24.3 Å². The van der Waals surface area contributed by atoms with E-state index in [9.17, 15) is 0 Å². The van der Waals surface area contributed by atoms with Gasteiger partial charge in [0.05, 0.1) is 0 Å². The molecule has 104 valence electrons. The summed E-state index contributed by atoms with van der Waals surface area (Å²) in [6, 6.07) is 17.0. The van der Waals surface area contributed by atoms with Crippen molar-refractivity contribution in [3.63, 3.8) is 0 Å². The van der Waals surface area contributed by atoms with E-state index in [1.165, 1.54) is 8.87 Å². The molecule has 0 amide bonds. The molecule has 4 heterocycles. The van der Waals surface area contributed by atoms with E-state index >= 15 is 0 Å². The normalized spacial score (nSPS) is 11.0. The van der Waals surface area contributed by atoms with Crippen molar-refractivity contribution in [3.05, 3.63) is 61.1 Å². The Bertz CT molecular complexity index is 752. The van der Waals surface area contributed by atoms with Gasteiger partial charge in [0.15, 0.2) is 0 Å². The van der Waals surface area contributed by atoms with Crippen LogP contribution in [0.1, 0.15) is 0 Å². The van der Waals surface area contributed by atoms with Crippen molar-refractivity contribution in [2.24, 2.45) is 0 Å². The molecule has 5 heteroatoms.